The minimum atomic E-state index is -3.92. The lowest BCUT2D eigenvalue weighted by Gasteiger charge is -2.11. The van der Waals surface area contributed by atoms with Crippen LogP contribution in [0.15, 0.2) is 35.2 Å². The van der Waals surface area contributed by atoms with Gasteiger partial charge in [-0.15, -0.1) is 0 Å². The van der Waals surface area contributed by atoms with Gasteiger partial charge in [0.25, 0.3) is 10.1 Å². The lowest BCUT2D eigenvalue weighted by molar-refractivity contribution is -0.150. The number of carbonyl (C=O) groups excluding carboxylic acids is 1. The Kier molecular flexibility index (Phi) is 4.65. The minimum absolute atomic E-state index is 0.0103. The van der Waals surface area contributed by atoms with Crippen molar-refractivity contribution in [1.29, 1.82) is 0 Å². The van der Waals surface area contributed by atoms with E-state index in [1.165, 1.54) is 19.1 Å². The fourth-order valence-electron chi connectivity index (χ4n) is 1.13. The summed E-state index contributed by atoms with van der Waals surface area (Å²) < 4.78 is 32.8. The molecule has 94 valence electrons. The number of ether oxygens (including phenoxy) is 1. The van der Waals surface area contributed by atoms with Crippen molar-refractivity contribution in [3.63, 3.8) is 0 Å². The molecule has 0 aromatic heterocycles. The molecule has 0 aliphatic carbocycles. The molecular weight excluding hydrogens is 244 g/mol. The first-order valence-corrected chi connectivity index (χ1v) is 6.53. The van der Waals surface area contributed by atoms with Crippen LogP contribution in [-0.2, 0) is 23.8 Å². The zero-order valence-corrected chi connectivity index (χ0v) is 10.4. The number of rotatable bonds is 5. The van der Waals surface area contributed by atoms with E-state index in [-0.39, 0.29) is 11.5 Å². The van der Waals surface area contributed by atoms with Crippen LogP contribution in [0.3, 0.4) is 0 Å². The fourth-order valence-corrected chi connectivity index (χ4v) is 2.19. The smallest absolute Gasteiger partial charge is 0.336 e. The van der Waals surface area contributed by atoms with Gasteiger partial charge in [0.15, 0.2) is 6.10 Å². The molecule has 5 nitrogen and oxygen atoms in total. The second kappa shape index (κ2) is 5.79. The van der Waals surface area contributed by atoms with Crippen LogP contribution in [0.4, 0.5) is 0 Å². The number of esters is 1. The highest BCUT2D eigenvalue weighted by Crippen LogP contribution is 2.13. The third-order valence-electron chi connectivity index (χ3n) is 1.92. The highest BCUT2D eigenvalue weighted by molar-refractivity contribution is 7.86. The SMILES string of the molecule is CCOC(=O)[C@H](C)OS(=O)(=O)c1ccccc1. The molecule has 0 saturated carbocycles. The van der Waals surface area contributed by atoms with Crippen LogP contribution >= 0.6 is 0 Å². The molecule has 6 heteroatoms. The summed E-state index contributed by atoms with van der Waals surface area (Å²) >= 11 is 0. The summed E-state index contributed by atoms with van der Waals surface area (Å²) in [5.41, 5.74) is 0. The van der Waals surface area contributed by atoms with E-state index in [4.69, 9.17) is 4.18 Å². The van der Waals surface area contributed by atoms with E-state index in [1.807, 2.05) is 0 Å². The summed E-state index contributed by atoms with van der Waals surface area (Å²) in [5.74, 6) is -0.702. The van der Waals surface area contributed by atoms with E-state index in [0.29, 0.717) is 0 Å². The Hall–Kier alpha value is -1.40. The zero-order valence-electron chi connectivity index (χ0n) is 9.62. The van der Waals surface area contributed by atoms with Crippen molar-refractivity contribution < 1.29 is 22.1 Å². The van der Waals surface area contributed by atoms with Gasteiger partial charge in [0.05, 0.1) is 11.5 Å². The third kappa shape index (κ3) is 3.83. The summed E-state index contributed by atoms with van der Waals surface area (Å²) in [6.07, 6.45) is -1.15. The Morgan fingerprint density at radius 3 is 2.41 bits per heavy atom. The first-order chi connectivity index (χ1) is 7.97. The van der Waals surface area contributed by atoms with E-state index in [1.54, 1.807) is 25.1 Å². The number of benzene rings is 1. The molecule has 0 saturated heterocycles. The van der Waals surface area contributed by atoms with Gasteiger partial charge < -0.3 is 4.74 Å². The Labute approximate surface area is 100 Å². The van der Waals surface area contributed by atoms with Crippen LogP contribution in [0.5, 0.6) is 0 Å². The molecule has 0 amide bonds. The van der Waals surface area contributed by atoms with Crippen molar-refractivity contribution in [2.24, 2.45) is 0 Å². The molecule has 0 N–H and O–H groups in total. The molecule has 1 aromatic carbocycles. The molecule has 1 atom stereocenters. The zero-order chi connectivity index (χ0) is 12.9. The van der Waals surface area contributed by atoms with Crippen LogP contribution in [0.1, 0.15) is 13.8 Å². The lowest BCUT2D eigenvalue weighted by atomic mass is 10.4. The molecule has 0 unspecified atom stereocenters. The second-order valence-electron chi connectivity index (χ2n) is 3.26. The lowest BCUT2D eigenvalue weighted by Crippen LogP contribution is -2.26. The van der Waals surface area contributed by atoms with Gasteiger partial charge in [-0.25, -0.2) is 4.79 Å². The normalized spacial score (nSPS) is 13.1. The van der Waals surface area contributed by atoms with E-state index < -0.39 is 22.2 Å². The number of carbonyl (C=O) groups is 1. The predicted octanol–water partition coefficient (Wildman–Crippen LogP) is 1.34. The summed E-state index contributed by atoms with van der Waals surface area (Å²) in [4.78, 5) is 11.3. The molecule has 1 aromatic rings. The minimum Gasteiger partial charge on any atom is -0.464 e. The molecular formula is C11H14O5S. The molecule has 1 rings (SSSR count). The van der Waals surface area contributed by atoms with Crippen molar-refractivity contribution in [2.45, 2.75) is 24.8 Å². The van der Waals surface area contributed by atoms with Crippen LogP contribution < -0.4 is 0 Å². The topological polar surface area (TPSA) is 69.7 Å². The maximum Gasteiger partial charge on any atom is 0.336 e. The van der Waals surface area contributed by atoms with Gasteiger partial charge in [-0.3, -0.25) is 4.18 Å². The Bertz CT molecular complexity index is 466. The van der Waals surface area contributed by atoms with Crippen molar-refractivity contribution in [1.82, 2.24) is 0 Å². The highest BCUT2D eigenvalue weighted by Gasteiger charge is 2.24. The van der Waals surface area contributed by atoms with E-state index in [0.717, 1.165) is 0 Å². The standard InChI is InChI=1S/C11H14O5S/c1-3-15-11(12)9(2)16-17(13,14)10-7-5-4-6-8-10/h4-9H,3H2,1-2H3/t9-/m0/s1. The summed E-state index contributed by atoms with van der Waals surface area (Å²) in [7, 11) is -3.92. The molecule has 17 heavy (non-hydrogen) atoms. The maximum absolute atomic E-state index is 11.7. The number of hydrogen-bond acceptors (Lipinski definition) is 5. The molecule has 0 aliphatic rings. The van der Waals surface area contributed by atoms with Gasteiger partial charge in [-0.1, -0.05) is 18.2 Å². The predicted molar refractivity (Wildman–Crippen MR) is 60.8 cm³/mol. The maximum atomic E-state index is 11.7. The molecule has 0 fully saturated rings. The Morgan fingerprint density at radius 1 is 1.29 bits per heavy atom. The first kappa shape index (κ1) is 13.7. The molecule has 0 spiro atoms. The average Bonchev–Trinajstić information content (AvgIpc) is 2.30. The van der Waals surface area contributed by atoms with E-state index in [9.17, 15) is 13.2 Å². The van der Waals surface area contributed by atoms with Crippen LogP contribution in [0.25, 0.3) is 0 Å². The average molecular weight is 258 g/mol. The Morgan fingerprint density at radius 2 is 1.88 bits per heavy atom. The number of hydrogen-bond donors (Lipinski definition) is 0. The van der Waals surface area contributed by atoms with E-state index in [2.05, 4.69) is 4.74 Å². The van der Waals surface area contributed by atoms with Gasteiger partial charge in [0.1, 0.15) is 0 Å². The van der Waals surface area contributed by atoms with Crippen LogP contribution in [0.2, 0.25) is 0 Å². The second-order valence-corrected chi connectivity index (χ2v) is 4.83. The monoisotopic (exact) mass is 258 g/mol. The molecule has 0 bridgehead atoms. The van der Waals surface area contributed by atoms with Crippen LogP contribution in [-0.4, -0.2) is 27.1 Å². The van der Waals surface area contributed by atoms with Gasteiger partial charge in [0, 0.05) is 0 Å². The Balaban J connectivity index is 2.78. The van der Waals surface area contributed by atoms with Crippen LogP contribution in [0, 0.1) is 0 Å². The quantitative estimate of drug-likeness (QED) is 0.589. The summed E-state index contributed by atoms with van der Waals surface area (Å²) in [5, 5.41) is 0. The molecule has 0 radical (unpaired) electrons. The third-order valence-corrected chi connectivity index (χ3v) is 3.31. The van der Waals surface area contributed by atoms with Crippen molar-refractivity contribution in [3.05, 3.63) is 30.3 Å². The fraction of sp³-hybridized carbons (Fsp3) is 0.364. The molecule has 0 heterocycles. The van der Waals surface area contributed by atoms with Gasteiger partial charge in [-0.2, -0.15) is 8.42 Å². The highest BCUT2D eigenvalue weighted by atomic mass is 32.2. The first-order valence-electron chi connectivity index (χ1n) is 5.12. The van der Waals surface area contributed by atoms with E-state index >= 15 is 0 Å². The van der Waals surface area contributed by atoms with Crippen molar-refractivity contribution >= 4 is 16.1 Å². The van der Waals surface area contributed by atoms with Crippen molar-refractivity contribution in [2.75, 3.05) is 6.61 Å². The summed E-state index contributed by atoms with van der Waals surface area (Å²) in [6, 6.07) is 7.63. The largest absolute Gasteiger partial charge is 0.464 e. The van der Waals surface area contributed by atoms with Crippen molar-refractivity contribution in [3.8, 4) is 0 Å². The molecule has 0 aliphatic heterocycles. The van der Waals surface area contributed by atoms with Gasteiger partial charge in [-0.05, 0) is 26.0 Å². The summed E-state index contributed by atoms with van der Waals surface area (Å²) in [6.45, 7) is 3.15. The van der Waals surface area contributed by atoms with Gasteiger partial charge >= 0.3 is 5.97 Å². The van der Waals surface area contributed by atoms with Gasteiger partial charge in [0.2, 0.25) is 0 Å².